The fourth-order valence-corrected chi connectivity index (χ4v) is 3.10. The molecule has 2 aromatic carbocycles. The van der Waals surface area contributed by atoms with Crippen LogP contribution in [0.2, 0.25) is 0 Å². The summed E-state index contributed by atoms with van der Waals surface area (Å²) in [4.78, 5) is 23.8. The number of amides is 2. The molecular formula is C21H18BrFN4O2. The molecule has 0 spiro atoms. The Hall–Kier alpha value is -3.26. The maximum atomic E-state index is 12.9. The van der Waals surface area contributed by atoms with Gasteiger partial charge in [-0.1, -0.05) is 15.9 Å². The molecule has 1 heterocycles. The highest BCUT2D eigenvalue weighted by molar-refractivity contribution is 9.10. The van der Waals surface area contributed by atoms with Gasteiger partial charge in [0.25, 0.3) is 0 Å². The summed E-state index contributed by atoms with van der Waals surface area (Å²) in [6.07, 6.45) is 1.49. The second-order valence-corrected chi connectivity index (χ2v) is 7.21. The van der Waals surface area contributed by atoms with Gasteiger partial charge in [-0.2, -0.15) is 5.10 Å². The fourth-order valence-electron chi connectivity index (χ4n) is 2.84. The third-order valence-electron chi connectivity index (χ3n) is 4.23. The SMILES string of the molecule is Cc1cc(/C=N\NC(=O)C(=O)Nc2ccc(F)cc2)c(C)n1-c1ccc(Br)cc1. The Kier molecular flexibility index (Phi) is 6.23. The van der Waals surface area contributed by atoms with Gasteiger partial charge in [0.15, 0.2) is 0 Å². The number of nitrogens with one attached hydrogen (secondary N) is 2. The molecule has 0 aliphatic carbocycles. The van der Waals surface area contributed by atoms with Gasteiger partial charge in [0.05, 0.1) is 6.21 Å². The van der Waals surface area contributed by atoms with E-state index in [2.05, 4.69) is 36.3 Å². The summed E-state index contributed by atoms with van der Waals surface area (Å²) >= 11 is 3.42. The highest BCUT2D eigenvalue weighted by atomic mass is 79.9. The van der Waals surface area contributed by atoms with Crippen molar-refractivity contribution in [2.45, 2.75) is 13.8 Å². The van der Waals surface area contributed by atoms with Crippen LogP contribution in [0, 0.1) is 19.7 Å². The number of benzene rings is 2. The third kappa shape index (κ3) is 4.97. The van der Waals surface area contributed by atoms with Crippen LogP contribution >= 0.6 is 15.9 Å². The van der Waals surface area contributed by atoms with Crippen molar-refractivity contribution in [3.05, 3.63) is 81.8 Å². The van der Waals surface area contributed by atoms with E-state index in [-0.39, 0.29) is 0 Å². The number of aromatic nitrogens is 1. The first-order chi connectivity index (χ1) is 13.8. The largest absolute Gasteiger partial charge is 0.329 e. The molecule has 0 aliphatic rings. The van der Waals surface area contributed by atoms with Crippen molar-refractivity contribution < 1.29 is 14.0 Å². The molecule has 29 heavy (non-hydrogen) atoms. The normalized spacial score (nSPS) is 10.9. The molecule has 0 unspecified atom stereocenters. The van der Waals surface area contributed by atoms with Gasteiger partial charge in [0.2, 0.25) is 0 Å². The lowest BCUT2D eigenvalue weighted by atomic mass is 10.2. The summed E-state index contributed by atoms with van der Waals surface area (Å²) in [6.45, 7) is 3.92. The summed E-state index contributed by atoms with van der Waals surface area (Å²) in [5.41, 5.74) is 6.27. The fraction of sp³-hybridized carbons (Fsp3) is 0.0952. The predicted molar refractivity (Wildman–Crippen MR) is 114 cm³/mol. The molecular weight excluding hydrogens is 439 g/mol. The van der Waals surface area contributed by atoms with Gasteiger partial charge >= 0.3 is 11.8 Å². The molecule has 0 bridgehead atoms. The number of hydrogen-bond acceptors (Lipinski definition) is 3. The summed E-state index contributed by atoms with van der Waals surface area (Å²) in [5.74, 6) is -2.25. The molecule has 3 rings (SSSR count). The minimum Gasteiger partial charge on any atom is -0.318 e. The number of rotatable bonds is 4. The highest BCUT2D eigenvalue weighted by Gasteiger charge is 2.13. The van der Waals surface area contributed by atoms with Crippen LogP contribution in [-0.4, -0.2) is 22.6 Å². The number of halogens is 2. The Morgan fingerprint density at radius 1 is 1.03 bits per heavy atom. The van der Waals surface area contributed by atoms with Gasteiger partial charge in [-0.15, -0.1) is 0 Å². The number of hydrogen-bond donors (Lipinski definition) is 2. The Morgan fingerprint density at radius 3 is 2.34 bits per heavy atom. The number of nitrogens with zero attached hydrogens (tertiary/aromatic N) is 2. The number of carbonyl (C=O) groups is 2. The third-order valence-corrected chi connectivity index (χ3v) is 4.76. The first-order valence-corrected chi connectivity index (χ1v) is 9.49. The molecule has 0 aliphatic heterocycles. The van der Waals surface area contributed by atoms with Crippen LogP contribution in [0.5, 0.6) is 0 Å². The van der Waals surface area contributed by atoms with E-state index < -0.39 is 17.6 Å². The predicted octanol–water partition coefficient (Wildman–Crippen LogP) is 4.08. The average Bonchev–Trinajstić information content (AvgIpc) is 2.97. The van der Waals surface area contributed by atoms with E-state index in [1.54, 1.807) is 0 Å². The van der Waals surface area contributed by atoms with Crippen molar-refractivity contribution in [1.29, 1.82) is 0 Å². The smallest absolute Gasteiger partial charge is 0.318 e. The van der Waals surface area contributed by atoms with E-state index in [4.69, 9.17) is 0 Å². The highest BCUT2D eigenvalue weighted by Crippen LogP contribution is 2.21. The molecule has 0 saturated heterocycles. The molecule has 0 radical (unpaired) electrons. The zero-order valence-electron chi connectivity index (χ0n) is 15.7. The van der Waals surface area contributed by atoms with Gasteiger partial charge in [-0.05, 0) is 68.4 Å². The van der Waals surface area contributed by atoms with Crippen molar-refractivity contribution in [2.24, 2.45) is 5.10 Å². The van der Waals surface area contributed by atoms with Crippen LogP contribution in [0.4, 0.5) is 10.1 Å². The summed E-state index contributed by atoms with van der Waals surface area (Å²) in [7, 11) is 0. The van der Waals surface area contributed by atoms with Crippen LogP contribution in [0.25, 0.3) is 5.69 Å². The van der Waals surface area contributed by atoms with E-state index in [0.29, 0.717) is 5.69 Å². The minimum atomic E-state index is -0.924. The zero-order valence-corrected chi connectivity index (χ0v) is 17.3. The van der Waals surface area contributed by atoms with Crippen molar-refractivity contribution in [3.63, 3.8) is 0 Å². The molecule has 0 atom stereocenters. The summed E-state index contributed by atoms with van der Waals surface area (Å²) < 4.78 is 15.9. The summed E-state index contributed by atoms with van der Waals surface area (Å²) in [5, 5.41) is 6.24. The van der Waals surface area contributed by atoms with Gasteiger partial charge in [0, 0.05) is 32.8 Å². The molecule has 6 nitrogen and oxygen atoms in total. The molecule has 1 aromatic heterocycles. The van der Waals surface area contributed by atoms with Crippen molar-refractivity contribution >= 4 is 39.6 Å². The number of anilines is 1. The van der Waals surface area contributed by atoms with Gasteiger partial charge < -0.3 is 9.88 Å². The summed E-state index contributed by atoms with van der Waals surface area (Å²) in [6, 6.07) is 14.9. The Bertz CT molecular complexity index is 1070. The molecule has 148 valence electrons. The van der Waals surface area contributed by atoms with Gasteiger partial charge in [0.1, 0.15) is 5.82 Å². The number of hydrazone groups is 1. The lowest BCUT2D eigenvalue weighted by Gasteiger charge is -2.09. The van der Waals surface area contributed by atoms with Crippen LogP contribution in [0.15, 0.2) is 64.2 Å². The molecule has 2 N–H and O–H groups in total. The standard InChI is InChI=1S/C21H18BrFN4O2/c1-13-11-15(14(2)27(13)19-9-3-16(22)4-10-19)12-24-26-21(29)20(28)25-18-7-5-17(23)6-8-18/h3-12H,1-2H3,(H,25,28)(H,26,29)/b24-12-. The van der Waals surface area contributed by atoms with Crippen molar-refractivity contribution in [3.8, 4) is 5.69 Å². The quantitative estimate of drug-likeness (QED) is 0.352. The molecule has 2 amide bonds. The molecule has 8 heteroatoms. The van der Waals surface area contributed by atoms with E-state index in [0.717, 1.165) is 27.1 Å². The Labute approximate surface area is 175 Å². The van der Waals surface area contributed by atoms with Crippen LogP contribution < -0.4 is 10.7 Å². The molecule has 0 saturated carbocycles. The monoisotopic (exact) mass is 456 g/mol. The van der Waals surface area contributed by atoms with E-state index in [1.807, 2.05) is 44.2 Å². The zero-order chi connectivity index (χ0) is 21.0. The first kappa shape index (κ1) is 20.5. The lowest BCUT2D eigenvalue weighted by molar-refractivity contribution is -0.136. The average molecular weight is 457 g/mol. The maximum Gasteiger partial charge on any atom is 0.329 e. The molecule has 0 fully saturated rings. The van der Waals surface area contributed by atoms with Crippen molar-refractivity contribution in [1.82, 2.24) is 9.99 Å². The van der Waals surface area contributed by atoms with E-state index >= 15 is 0 Å². The van der Waals surface area contributed by atoms with Crippen LogP contribution in [0.3, 0.4) is 0 Å². The van der Waals surface area contributed by atoms with E-state index in [1.165, 1.54) is 30.5 Å². The van der Waals surface area contributed by atoms with Crippen LogP contribution in [0.1, 0.15) is 17.0 Å². The van der Waals surface area contributed by atoms with Crippen molar-refractivity contribution in [2.75, 3.05) is 5.32 Å². The number of carbonyl (C=O) groups excluding carboxylic acids is 2. The van der Waals surface area contributed by atoms with Gasteiger partial charge in [-0.25, -0.2) is 9.82 Å². The van der Waals surface area contributed by atoms with Crippen LogP contribution in [-0.2, 0) is 9.59 Å². The number of aryl methyl sites for hydroxylation is 1. The Balaban J connectivity index is 1.66. The van der Waals surface area contributed by atoms with Gasteiger partial charge in [-0.3, -0.25) is 9.59 Å². The van der Waals surface area contributed by atoms with E-state index in [9.17, 15) is 14.0 Å². The topological polar surface area (TPSA) is 75.5 Å². The Morgan fingerprint density at radius 2 is 1.69 bits per heavy atom. The minimum absolute atomic E-state index is 0.313. The maximum absolute atomic E-state index is 12.9. The first-order valence-electron chi connectivity index (χ1n) is 8.70. The second kappa shape index (κ2) is 8.83. The lowest BCUT2D eigenvalue weighted by Crippen LogP contribution is -2.32. The second-order valence-electron chi connectivity index (χ2n) is 6.30. The molecule has 3 aromatic rings.